The van der Waals surface area contributed by atoms with Gasteiger partial charge in [-0.1, -0.05) is 0 Å². The third-order valence-electron chi connectivity index (χ3n) is 2.57. The van der Waals surface area contributed by atoms with Crippen LogP contribution in [0, 0.1) is 0 Å². The molecule has 0 radical (unpaired) electrons. The van der Waals surface area contributed by atoms with E-state index in [1.807, 2.05) is 0 Å². The molecule has 2 aromatic heterocycles. The molecule has 2 aromatic rings. The third kappa shape index (κ3) is 2.46. The average molecular weight is 280 g/mol. The fourth-order valence-corrected chi connectivity index (χ4v) is 1.73. The Bertz CT molecular complexity index is 663. The summed E-state index contributed by atoms with van der Waals surface area (Å²) in [5.74, 6) is -1.76. The van der Waals surface area contributed by atoms with Crippen LogP contribution in [0.5, 0.6) is 0 Å². The number of hydrogen-bond donors (Lipinski definition) is 0. The fourth-order valence-electron chi connectivity index (χ4n) is 1.73. The van der Waals surface area contributed by atoms with Gasteiger partial charge in [0.05, 0.1) is 19.8 Å². The molecular weight excluding hydrogens is 268 g/mol. The molecule has 0 unspecified atom stereocenters. The number of aromatic nitrogens is 2. The van der Waals surface area contributed by atoms with Crippen LogP contribution >= 0.6 is 0 Å². The minimum absolute atomic E-state index is 0.0763. The molecule has 0 saturated heterocycles. The summed E-state index contributed by atoms with van der Waals surface area (Å²) in [5, 5.41) is 0.671. The highest BCUT2D eigenvalue weighted by Crippen LogP contribution is 2.19. The Morgan fingerprint density at radius 3 is 2.45 bits per heavy atom. The monoisotopic (exact) mass is 280 g/mol. The summed E-state index contributed by atoms with van der Waals surface area (Å²) in [6, 6.07) is 3.22. The minimum atomic E-state index is -0.904. The normalized spacial score (nSPS) is 10.6. The van der Waals surface area contributed by atoms with Crippen LogP contribution in [0.1, 0.15) is 20.8 Å². The lowest BCUT2D eigenvalue weighted by Crippen LogP contribution is -2.16. The predicted octanol–water partition coefficient (Wildman–Crippen LogP) is 1.01. The van der Waals surface area contributed by atoms with E-state index < -0.39 is 11.9 Å². The van der Waals surface area contributed by atoms with E-state index in [0.29, 0.717) is 11.0 Å². The van der Waals surface area contributed by atoms with Crippen LogP contribution in [0.2, 0.25) is 0 Å². The summed E-state index contributed by atoms with van der Waals surface area (Å²) >= 11 is 0. The van der Waals surface area contributed by atoms with Gasteiger partial charge in [-0.25, -0.2) is 14.6 Å². The molecule has 0 spiro atoms. The van der Waals surface area contributed by atoms with Gasteiger partial charge >= 0.3 is 11.9 Å². The first kappa shape index (κ1) is 14.0. The highest BCUT2D eigenvalue weighted by Gasteiger charge is 2.24. The maximum Gasteiger partial charge on any atom is 0.392 e. The average Bonchev–Trinajstić information content (AvgIpc) is 2.79. The van der Waals surface area contributed by atoms with E-state index in [-0.39, 0.29) is 11.3 Å². The zero-order valence-electron chi connectivity index (χ0n) is 11.1. The molecule has 0 N–H and O–H groups in total. The van der Waals surface area contributed by atoms with Crippen LogP contribution in [-0.2, 0) is 26.6 Å². The molecule has 2 heterocycles. The van der Waals surface area contributed by atoms with Crippen molar-refractivity contribution in [3.8, 4) is 0 Å². The van der Waals surface area contributed by atoms with Crippen molar-refractivity contribution in [2.75, 3.05) is 14.2 Å². The molecule has 8 heteroatoms. The first-order chi connectivity index (χ1) is 9.58. The molecule has 0 aliphatic heterocycles. The Morgan fingerprint density at radius 1 is 1.15 bits per heavy atom. The smallest absolute Gasteiger partial charge is 0.336 e. The molecule has 0 amide bonds. The van der Waals surface area contributed by atoms with E-state index in [4.69, 9.17) is 0 Å². The van der Waals surface area contributed by atoms with Crippen molar-refractivity contribution in [1.82, 2.24) is 9.55 Å². The molecular formula is C12H12N2O6. The summed E-state index contributed by atoms with van der Waals surface area (Å²) in [7, 11) is 4.11. The van der Waals surface area contributed by atoms with Gasteiger partial charge in [-0.3, -0.25) is 9.78 Å². The topological polar surface area (TPSA) is 88.9 Å². The molecule has 0 aliphatic rings. The Kier molecular flexibility index (Phi) is 3.97. The Morgan fingerprint density at radius 2 is 1.80 bits per heavy atom. The lowest BCUT2D eigenvalue weighted by Gasteiger charge is -2.06. The number of carbonyl (C=O) groups excluding carboxylic acids is 2. The van der Waals surface area contributed by atoms with Crippen molar-refractivity contribution in [1.29, 1.82) is 0 Å². The summed E-state index contributed by atoms with van der Waals surface area (Å²) in [5.41, 5.74) is 0.220. The first-order valence-corrected chi connectivity index (χ1v) is 5.54. The molecule has 0 atom stereocenters. The Hall–Kier alpha value is -2.45. The van der Waals surface area contributed by atoms with Crippen molar-refractivity contribution >= 4 is 23.0 Å². The Labute approximate surface area is 113 Å². The van der Waals surface area contributed by atoms with E-state index in [1.54, 1.807) is 23.9 Å². The highest BCUT2D eigenvalue weighted by molar-refractivity contribution is 6.04. The van der Waals surface area contributed by atoms with Crippen molar-refractivity contribution in [3.63, 3.8) is 0 Å². The second-order valence-electron chi connectivity index (χ2n) is 3.80. The quantitative estimate of drug-likeness (QED) is 0.610. The number of carbonyl (C=O) groups is 2. The molecule has 0 bridgehead atoms. The molecule has 106 valence electrons. The number of aryl methyl sites for hydroxylation is 1. The third-order valence-corrected chi connectivity index (χ3v) is 2.57. The van der Waals surface area contributed by atoms with Crippen LogP contribution in [0.15, 0.2) is 18.3 Å². The molecule has 0 aromatic carbocycles. The van der Waals surface area contributed by atoms with Gasteiger partial charge in [0.2, 0.25) is 0 Å². The van der Waals surface area contributed by atoms with Gasteiger partial charge in [0.1, 0.15) is 5.65 Å². The Balaban J connectivity index is 2.59. The molecule has 0 aliphatic carbocycles. The number of pyridine rings is 1. The van der Waals surface area contributed by atoms with Gasteiger partial charge < -0.3 is 4.57 Å². The zero-order valence-corrected chi connectivity index (χ0v) is 11.1. The van der Waals surface area contributed by atoms with Crippen LogP contribution in [0.4, 0.5) is 0 Å². The number of rotatable bonds is 4. The standard InChI is InChI=1S/C12H12N2O6/c1-14-5-4-7-6-8(11(15)19-17-2)9(13-10(7)14)12(16)20-18-3/h4-6H,1-3H3. The van der Waals surface area contributed by atoms with Gasteiger partial charge in [-0.05, 0) is 12.1 Å². The molecule has 8 nitrogen and oxygen atoms in total. The molecule has 2 rings (SSSR count). The molecule has 0 fully saturated rings. The van der Waals surface area contributed by atoms with Gasteiger partial charge in [0, 0.05) is 18.6 Å². The van der Waals surface area contributed by atoms with Gasteiger partial charge in [-0.15, -0.1) is 0 Å². The second-order valence-corrected chi connectivity index (χ2v) is 3.80. The van der Waals surface area contributed by atoms with E-state index in [0.717, 1.165) is 0 Å². The highest BCUT2D eigenvalue weighted by atomic mass is 17.2. The number of nitrogens with zero attached hydrogens (tertiary/aromatic N) is 2. The maximum atomic E-state index is 11.8. The van der Waals surface area contributed by atoms with E-state index in [2.05, 4.69) is 24.5 Å². The van der Waals surface area contributed by atoms with E-state index in [1.165, 1.54) is 20.3 Å². The second kappa shape index (κ2) is 5.68. The first-order valence-electron chi connectivity index (χ1n) is 5.54. The van der Waals surface area contributed by atoms with Crippen molar-refractivity contribution < 1.29 is 29.1 Å². The zero-order chi connectivity index (χ0) is 14.7. The molecule has 0 saturated carbocycles. The maximum absolute atomic E-state index is 11.8. The van der Waals surface area contributed by atoms with Crippen LogP contribution < -0.4 is 0 Å². The van der Waals surface area contributed by atoms with Crippen LogP contribution in [-0.4, -0.2) is 35.7 Å². The lowest BCUT2D eigenvalue weighted by molar-refractivity contribution is -0.218. The van der Waals surface area contributed by atoms with Gasteiger partial charge in [0.25, 0.3) is 0 Å². The largest absolute Gasteiger partial charge is 0.392 e. The predicted molar refractivity (Wildman–Crippen MR) is 65.6 cm³/mol. The fraction of sp³-hybridized carbons (Fsp3) is 0.250. The van der Waals surface area contributed by atoms with Crippen molar-refractivity contribution in [3.05, 3.63) is 29.6 Å². The van der Waals surface area contributed by atoms with E-state index >= 15 is 0 Å². The van der Waals surface area contributed by atoms with Crippen LogP contribution in [0.25, 0.3) is 11.0 Å². The number of fused-ring (bicyclic) bond motifs is 1. The minimum Gasteiger partial charge on any atom is -0.336 e. The summed E-state index contributed by atoms with van der Waals surface area (Å²) in [6.07, 6.45) is 1.74. The summed E-state index contributed by atoms with van der Waals surface area (Å²) in [4.78, 5) is 45.1. The van der Waals surface area contributed by atoms with Crippen molar-refractivity contribution in [2.45, 2.75) is 0 Å². The van der Waals surface area contributed by atoms with E-state index in [9.17, 15) is 9.59 Å². The van der Waals surface area contributed by atoms with Crippen LogP contribution in [0.3, 0.4) is 0 Å². The van der Waals surface area contributed by atoms with Gasteiger partial charge in [0.15, 0.2) is 5.69 Å². The van der Waals surface area contributed by atoms with Gasteiger partial charge in [-0.2, -0.15) is 9.78 Å². The number of hydrogen-bond acceptors (Lipinski definition) is 7. The van der Waals surface area contributed by atoms with Crippen molar-refractivity contribution in [2.24, 2.45) is 7.05 Å². The summed E-state index contributed by atoms with van der Waals surface area (Å²) in [6.45, 7) is 0. The lowest BCUT2D eigenvalue weighted by atomic mass is 10.1. The summed E-state index contributed by atoms with van der Waals surface area (Å²) < 4.78 is 1.70. The molecule has 20 heavy (non-hydrogen) atoms. The SMILES string of the molecule is COOC(=O)c1cc2ccn(C)c2nc1C(=O)OOC.